The van der Waals surface area contributed by atoms with Crippen molar-refractivity contribution in [2.24, 2.45) is 0 Å². The van der Waals surface area contributed by atoms with Crippen LogP contribution in [0.1, 0.15) is 20.8 Å². The molecule has 1 atom stereocenters. The summed E-state index contributed by atoms with van der Waals surface area (Å²) in [4.78, 5) is 27.7. The second-order valence-electron chi connectivity index (χ2n) is 2.99. The first-order chi connectivity index (χ1) is 6.90. The SMILES string of the molecule is C=C(C)C(=O)ONC(=O)N(CC)C(C)O. The molecule has 6 nitrogen and oxygen atoms in total. The van der Waals surface area contributed by atoms with Gasteiger partial charge in [-0.1, -0.05) is 6.58 Å². The van der Waals surface area contributed by atoms with E-state index in [1.807, 2.05) is 5.48 Å². The number of nitrogens with zero attached hydrogens (tertiary/aromatic N) is 1. The van der Waals surface area contributed by atoms with Gasteiger partial charge in [0.25, 0.3) is 0 Å². The van der Waals surface area contributed by atoms with Gasteiger partial charge in [0.2, 0.25) is 0 Å². The van der Waals surface area contributed by atoms with E-state index in [2.05, 4.69) is 11.4 Å². The number of amides is 2. The number of nitrogens with one attached hydrogen (secondary N) is 1. The van der Waals surface area contributed by atoms with Crippen molar-refractivity contribution in [3.63, 3.8) is 0 Å². The second-order valence-corrected chi connectivity index (χ2v) is 2.99. The number of aliphatic hydroxyl groups excluding tert-OH is 1. The van der Waals surface area contributed by atoms with Crippen LogP contribution >= 0.6 is 0 Å². The van der Waals surface area contributed by atoms with Crippen molar-refractivity contribution in [3.05, 3.63) is 12.2 Å². The molecule has 0 aromatic rings. The molecule has 2 amide bonds. The Balaban J connectivity index is 4.13. The average molecular weight is 216 g/mol. The lowest BCUT2D eigenvalue weighted by Gasteiger charge is -2.23. The van der Waals surface area contributed by atoms with Gasteiger partial charge in [-0.05, 0) is 20.8 Å². The largest absolute Gasteiger partial charge is 0.374 e. The fourth-order valence-electron chi connectivity index (χ4n) is 0.813. The van der Waals surface area contributed by atoms with E-state index in [9.17, 15) is 9.59 Å². The summed E-state index contributed by atoms with van der Waals surface area (Å²) in [6, 6.07) is -0.679. The van der Waals surface area contributed by atoms with Gasteiger partial charge in [0.05, 0.1) is 0 Å². The Morgan fingerprint density at radius 2 is 2.13 bits per heavy atom. The maximum Gasteiger partial charge on any atom is 0.358 e. The Kier molecular flexibility index (Phi) is 5.40. The Hall–Kier alpha value is -1.56. The van der Waals surface area contributed by atoms with E-state index in [0.717, 1.165) is 4.90 Å². The lowest BCUT2D eigenvalue weighted by molar-refractivity contribution is -0.144. The molecule has 0 fully saturated rings. The van der Waals surface area contributed by atoms with Gasteiger partial charge in [-0.3, -0.25) is 4.90 Å². The predicted molar refractivity (Wildman–Crippen MR) is 53.5 cm³/mol. The molecule has 0 aromatic heterocycles. The molecule has 0 bridgehead atoms. The smallest absolute Gasteiger partial charge is 0.358 e. The van der Waals surface area contributed by atoms with E-state index in [1.54, 1.807) is 6.92 Å². The number of hydroxylamine groups is 1. The lowest BCUT2D eigenvalue weighted by atomic mass is 10.4. The summed E-state index contributed by atoms with van der Waals surface area (Å²) in [5, 5.41) is 9.16. The molecule has 0 aliphatic rings. The van der Waals surface area contributed by atoms with E-state index in [1.165, 1.54) is 13.8 Å². The quantitative estimate of drug-likeness (QED) is 0.406. The molecule has 86 valence electrons. The molecule has 0 radical (unpaired) electrons. The molecule has 0 aliphatic carbocycles. The van der Waals surface area contributed by atoms with E-state index in [4.69, 9.17) is 5.11 Å². The minimum atomic E-state index is -0.946. The van der Waals surface area contributed by atoms with Gasteiger partial charge in [0.1, 0.15) is 6.23 Å². The summed E-state index contributed by atoms with van der Waals surface area (Å²) in [5.41, 5.74) is 2.09. The van der Waals surface area contributed by atoms with Crippen LogP contribution in [0.2, 0.25) is 0 Å². The average Bonchev–Trinajstić information content (AvgIpc) is 2.14. The van der Waals surface area contributed by atoms with Crippen LogP contribution in [0.5, 0.6) is 0 Å². The van der Waals surface area contributed by atoms with E-state index in [0.29, 0.717) is 6.54 Å². The molecule has 0 heterocycles. The highest BCUT2D eigenvalue weighted by Crippen LogP contribution is 1.96. The number of urea groups is 1. The third-order valence-corrected chi connectivity index (χ3v) is 1.63. The minimum Gasteiger partial charge on any atom is -0.374 e. The van der Waals surface area contributed by atoms with Crippen LogP contribution in [0.3, 0.4) is 0 Å². The van der Waals surface area contributed by atoms with E-state index < -0.39 is 18.2 Å². The normalized spacial score (nSPS) is 11.5. The molecule has 0 aromatic carbocycles. The van der Waals surface area contributed by atoms with Crippen molar-refractivity contribution in [2.75, 3.05) is 6.54 Å². The molecule has 2 N–H and O–H groups in total. The van der Waals surface area contributed by atoms with E-state index in [-0.39, 0.29) is 5.57 Å². The molecule has 0 spiro atoms. The maximum absolute atomic E-state index is 11.3. The highest BCUT2D eigenvalue weighted by molar-refractivity contribution is 5.88. The van der Waals surface area contributed by atoms with Crippen LogP contribution < -0.4 is 5.48 Å². The predicted octanol–water partition coefficient (Wildman–Crippen LogP) is 0.390. The molecule has 1 unspecified atom stereocenters. The zero-order chi connectivity index (χ0) is 12.0. The van der Waals surface area contributed by atoms with Crippen molar-refractivity contribution in [3.8, 4) is 0 Å². The Bertz CT molecular complexity index is 263. The molecular formula is C9H16N2O4. The van der Waals surface area contributed by atoms with Gasteiger partial charge in [-0.2, -0.15) is 5.48 Å². The summed E-state index contributed by atoms with van der Waals surface area (Å²) >= 11 is 0. The van der Waals surface area contributed by atoms with Crippen LogP contribution in [-0.4, -0.2) is 34.8 Å². The molecule has 15 heavy (non-hydrogen) atoms. The second kappa shape index (κ2) is 6.02. The number of hydrogen-bond acceptors (Lipinski definition) is 4. The van der Waals surface area contributed by atoms with Gasteiger partial charge in [-0.25, -0.2) is 9.59 Å². The number of carbonyl (C=O) groups excluding carboxylic acids is 2. The summed E-state index contributed by atoms with van der Waals surface area (Å²) in [5.74, 6) is -0.718. The number of aliphatic hydroxyl groups is 1. The van der Waals surface area contributed by atoms with Crippen LogP contribution in [0, 0.1) is 0 Å². The zero-order valence-electron chi connectivity index (χ0n) is 9.11. The summed E-state index contributed by atoms with van der Waals surface area (Å²) in [6.07, 6.45) is -0.946. The maximum atomic E-state index is 11.3. The Morgan fingerprint density at radius 3 is 2.47 bits per heavy atom. The fourth-order valence-corrected chi connectivity index (χ4v) is 0.813. The Labute approximate surface area is 88.5 Å². The van der Waals surface area contributed by atoms with Crippen molar-refractivity contribution >= 4 is 12.0 Å². The van der Waals surface area contributed by atoms with Gasteiger partial charge in [0.15, 0.2) is 0 Å². The highest BCUT2D eigenvalue weighted by Gasteiger charge is 2.17. The highest BCUT2D eigenvalue weighted by atomic mass is 16.7. The zero-order valence-corrected chi connectivity index (χ0v) is 9.11. The van der Waals surface area contributed by atoms with Crippen molar-refractivity contribution in [1.29, 1.82) is 0 Å². The first kappa shape index (κ1) is 13.4. The summed E-state index contributed by atoms with van der Waals surface area (Å²) < 4.78 is 0. The molecule has 0 saturated carbocycles. The number of hydrogen-bond donors (Lipinski definition) is 2. The molecule has 6 heteroatoms. The molecule has 0 saturated heterocycles. The van der Waals surface area contributed by atoms with Gasteiger partial charge < -0.3 is 9.94 Å². The fraction of sp³-hybridized carbons (Fsp3) is 0.556. The van der Waals surface area contributed by atoms with Gasteiger partial charge in [-0.15, -0.1) is 0 Å². The van der Waals surface area contributed by atoms with Gasteiger partial charge in [0, 0.05) is 12.1 Å². The van der Waals surface area contributed by atoms with Crippen LogP contribution in [0.25, 0.3) is 0 Å². The molecule has 0 rings (SSSR count). The number of carbonyl (C=O) groups is 2. The minimum absolute atomic E-state index is 0.176. The van der Waals surface area contributed by atoms with Crippen LogP contribution in [-0.2, 0) is 9.63 Å². The number of rotatable bonds is 3. The van der Waals surface area contributed by atoms with Crippen LogP contribution in [0.15, 0.2) is 12.2 Å². The van der Waals surface area contributed by atoms with Crippen molar-refractivity contribution < 1.29 is 19.5 Å². The topological polar surface area (TPSA) is 78.9 Å². The third-order valence-electron chi connectivity index (χ3n) is 1.63. The van der Waals surface area contributed by atoms with Crippen molar-refractivity contribution in [1.82, 2.24) is 10.4 Å². The third kappa shape index (κ3) is 4.46. The molecular weight excluding hydrogens is 200 g/mol. The molecule has 0 aliphatic heterocycles. The Morgan fingerprint density at radius 1 is 1.60 bits per heavy atom. The summed E-state index contributed by atoms with van der Waals surface area (Å²) in [7, 11) is 0. The monoisotopic (exact) mass is 216 g/mol. The standard InChI is InChI=1S/C9H16N2O4/c1-5-11(7(4)12)9(14)10-15-8(13)6(2)3/h7,12H,2,5H2,1,3-4H3,(H,10,14). The van der Waals surface area contributed by atoms with E-state index >= 15 is 0 Å². The first-order valence-corrected chi connectivity index (χ1v) is 4.51. The van der Waals surface area contributed by atoms with Crippen molar-refractivity contribution in [2.45, 2.75) is 27.0 Å². The van der Waals surface area contributed by atoms with Gasteiger partial charge >= 0.3 is 12.0 Å². The lowest BCUT2D eigenvalue weighted by Crippen LogP contribution is -2.45. The van der Waals surface area contributed by atoms with Crippen LogP contribution in [0.4, 0.5) is 4.79 Å². The summed E-state index contributed by atoms with van der Waals surface area (Å²) in [6.45, 7) is 8.22. The first-order valence-electron chi connectivity index (χ1n) is 4.51.